The van der Waals surface area contributed by atoms with Crippen LogP contribution in [0.4, 0.5) is 5.69 Å². The van der Waals surface area contributed by atoms with Gasteiger partial charge in [-0.1, -0.05) is 62.7 Å². The van der Waals surface area contributed by atoms with Gasteiger partial charge in [-0.3, -0.25) is 14.4 Å². The Kier molecular flexibility index (Phi) is 12.0. The van der Waals surface area contributed by atoms with Crippen molar-refractivity contribution >= 4 is 23.3 Å². The zero-order valence-electron chi connectivity index (χ0n) is 20.3. The molecule has 0 saturated carbocycles. The molecule has 0 bridgehead atoms. The lowest BCUT2D eigenvalue weighted by molar-refractivity contribution is -0.137. The number of rotatable bonds is 15. The van der Waals surface area contributed by atoms with Crippen molar-refractivity contribution in [3.63, 3.8) is 0 Å². The number of Topliss-reactive ketones (excluding diaryl/α,β-unsaturated/α-hetero) is 1. The fraction of sp³-hybridized carbons (Fsp3) is 0.444. The first-order valence-electron chi connectivity index (χ1n) is 12.2. The van der Waals surface area contributed by atoms with Crippen molar-refractivity contribution in [2.45, 2.75) is 64.5 Å². The van der Waals surface area contributed by atoms with Gasteiger partial charge in [-0.25, -0.2) is 0 Å². The van der Waals surface area contributed by atoms with E-state index >= 15 is 0 Å². The van der Waals surface area contributed by atoms with Gasteiger partial charge in [0.05, 0.1) is 12.1 Å². The number of hydrogen-bond acceptors (Lipinski definition) is 5. The molecule has 2 aromatic carbocycles. The van der Waals surface area contributed by atoms with Crippen molar-refractivity contribution in [3.8, 4) is 0 Å². The molecule has 2 aromatic rings. The van der Waals surface area contributed by atoms with Gasteiger partial charge in [0, 0.05) is 5.69 Å². The first kappa shape index (κ1) is 27.2. The van der Waals surface area contributed by atoms with Gasteiger partial charge in [0.2, 0.25) is 11.7 Å². The van der Waals surface area contributed by atoms with E-state index in [1.807, 2.05) is 49.4 Å². The largest absolute Gasteiger partial charge is 0.344 e. The Bertz CT molecular complexity index is 900. The van der Waals surface area contributed by atoms with E-state index in [1.54, 1.807) is 12.1 Å². The van der Waals surface area contributed by atoms with Gasteiger partial charge in [-0.2, -0.15) is 0 Å². The molecule has 2 atom stereocenters. The Morgan fingerprint density at radius 1 is 0.882 bits per heavy atom. The van der Waals surface area contributed by atoms with Crippen LogP contribution in [0.15, 0.2) is 54.6 Å². The smallest absolute Gasteiger partial charge is 0.293 e. The Hall–Kier alpha value is -3.03. The highest BCUT2D eigenvalue weighted by Gasteiger charge is 2.29. The molecule has 7 nitrogen and oxygen atoms in total. The van der Waals surface area contributed by atoms with Crippen molar-refractivity contribution in [1.82, 2.24) is 10.6 Å². The van der Waals surface area contributed by atoms with Crippen LogP contribution in [0.25, 0.3) is 0 Å². The molecule has 5 N–H and O–H groups in total. The Balaban J connectivity index is 2.08. The summed E-state index contributed by atoms with van der Waals surface area (Å²) in [5.41, 5.74) is 8.34. The van der Waals surface area contributed by atoms with Crippen LogP contribution in [0.5, 0.6) is 0 Å². The lowest BCUT2D eigenvalue weighted by atomic mass is 10.0. The van der Waals surface area contributed by atoms with Gasteiger partial charge in [-0.15, -0.1) is 0 Å². The number of anilines is 1. The summed E-state index contributed by atoms with van der Waals surface area (Å²) in [6.45, 7) is 5.12. The Morgan fingerprint density at radius 3 is 2.21 bits per heavy atom. The number of hydrogen-bond donors (Lipinski definition) is 4. The lowest BCUT2D eigenvalue weighted by Gasteiger charge is -2.22. The van der Waals surface area contributed by atoms with Crippen LogP contribution in [0.2, 0.25) is 0 Å². The molecule has 2 amide bonds. The van der Waals surface area contributed by atoms with Gasteiger partial charge in [-0.05, 0) is 68.5 Å². The maximum Gasteiger partial charge on any atom is 0.293 e. The van der Waals surface area contributed by atoms with Crippen molar-refractivity contribution in [3.05, 3.63) is 65.7 Å². The highest BCUT2D eigenvalue weighted by molar-refractivity contribution is 6.42. The van der Waals surface area contributed by atoms with Crippen LogP contribution in [0.3, 0.4) is 0 Å². The Labute approximate surface area is 202 Å². The molecule has 0 aliphatic carbocycles. The summed E-state index contributed by atoms with van der Waals surface area (Å²) in [6.07, 6.45) is 4.18. The van der Waals surface area contributed by atoms with Crippen molar-refractivity contribution in [1.29, 1.82) is 0 Å². The van der Waals surface area contributed by atoms with E-state index in [0.29, 0.717) is 44.5 Å². The first-order valence-corrected chi connectivity index (χ1v) is 12.2. The summed E-state index contributed by atoms with van der Waals surface area (Å²) in [4.78, 5) is 38.8. The predicted octanol–water partition coefficient (Wildman–Crippen LogP) is 2.98. The molecular weight excluding hydrogens is 428 g/mol. The molecule has 0 aliphatic heterocycles. The van der Waals surface area contributed by atoms with E-state index < -0.39 is 23.8 Å². The zero-order chi connectivity index (χ0) is 24.8. The molecule has 34 heavy (non-hydrogen) atoms. The summed E-state index contributed by atoms with van der Waals surface area (Å²) in [7, 11) is 0. The van der Waals surface area contributed by atoms with Gasteiger partial charge < -0.3 is 21.7 Å². The van der Waals surface area contributed by atoms with Gasteiger partial charge >= 0.3 is 0 Å². The minimum absolute atomic E-state index is 0.298. The van der Waals surface area contributed by atoms with E-state index in [2.05, 4.69) is 22.9 Å². The maximum absolute atomic E-state index is 13.1. The minimum atomic E-state index is -0.907. The second kappa shape index (κ2) is 15.0. The predicted molar refractivity (Wildman–Crippen MR) is 137 cm³/mol. The number of carbonyl (C=O) groups is 3. The minimum Gasteiger partial charge on any atom is -0.344 e. The number of amides is 2. The number of ketones is 1. The van der Waals surface area contributed by atoms with Crippen molar-refractivity contribution in [2.24, 2.45) is 5.73 Å². The quantitative estimate of drug-likeness (QED) is 0.238. The number of benzene rings is 2. The van der Waals surface area contributed by atoms with E-state index in [0.717, 1.165) is 18.4 Å². The fourth-order valence-corrected chi connectivity index (χ4v) is 3.78. The van der Waals surface area contributed by atoms with E-state index in [9.17, 15) is 14.4 Å². The molecule has 2 rings (SSSR count). The fourth-order valence-electron chi connectivity index (χ4n) is 3.78. The molecule has 184 valence electrons. The number of aryl methyl sites for hydroxylation is 1. The standard InChI is InChI=1S/C27H38N4O3/c1-3-10-20-14-16-22(17-15-20)30-27(34)25(32)23(13-8-9-18-28)31-26(33)24(29-4-2)19-21-11-6-5-7-12-21/h5-7,11-12,14-17,23-24,29H,3-4,8-10,13,18-19,28H2,1-2H3,(H,30,34)(H,31,33)/t23-,24-/m0/s1. The third kappa shape index (κ3) is 9.08. The van der Waals surface area contributed by atoms with Crippen molar-refractivity contribution in [2.75, 3.05) is 18.4 Å². The summed E-state index contributed by atoms with van der Waals surface area (Å²) >= 11 is 0. The second-order valence-electron chi connectivity index (χ2n) is 8.41. The van der Waals surface area contributed by atoms with E-state index in [1.165, 1.54) is 5.56 Å². The zero-order valence-corrected chi connectivity index (χ0v) is 20.3. The van der Waals surface area contributed by atoms with Crippen LogP contribution in [-0.2, 0) is 27.2 Å². The Morgan fingerprint density at radius 2 is 1.59 bits per heavy atom. The lowest BCUT2D eigenvalue weighted by Crippen LogP contribution is -2.52. The van der Waals surface area contributed by atoms with Gasteiger partial charge in [0.15, 0.2) is 0 Å². The number of nitrogens with two attached hydrogens (primary N) is 1. The molecule has 0 unspecified atom stereocenters. The van der Waals surface area contributed by atoms with Crippen LogP contribution in [0, 0.1) is 0 Å². The first-order chi connectivity index (χ1) is 16.5. The summed E-state index contributed by atoms with van der Waals surface area (Å²) in [5, 5.41) is 8.67. The summed E-state index contributed by atoms with van der Waals surface area (Å²) in [6, 6.07) is 15.7. The SMILES string of the molecule is CCCc1ccc(NC(=O)C(=O)[C@H](CCCCN)NC(=O)[C@H](Cc2ccccc2)NCC)cc1. The summed E-state index contributed by atoms with van der Waals surface area (Å²) < 4.78 is 0. The number of carbonyl (C=O) groups excluding carboxylic acids is 3. The third-order valence-corrected chi connectivity index (χ3v) is 5.60. The number of nitrogens with one attached hydrogen (secondary N) is 3. The number of unbranched alkanes of at least 4 members (excludes halogenated alkanes) is 1. The molecule has 0 heterocycles. The summed E-state index contributed by atoms with van der Waals surface area (Å²) in [5.74, 6) is -1.68. The normalized spacial score (nSPS) is 12.6. The van der Waals surface area contributed by atoms with E-state index in [4.69, 9.17) is 5.73 Å². The average Bonchev–Trinajstić information content (AvgIpc) is 2.84. The third-order valence-electron chi connectivity index (χ3n) is 5.60. The maximum atomic E-state index is 13.1. The van der Waals surface area contributed by atoms with Crippen LogP contribution < -0.4 is 21.7 Å². The molecule has 7 heteroatoms. The molecule has 0 spiro atoms. The number of likely N-dealkylation sites (N-methyl/N-ethyl adjacent to an activating group) is 1. The highest BCUT2D eigenvalue weighted by Crippen LogP contribution is 2.12. The van der Waals surface area contributed by atoms with Crippen LogP contribution in [-0.4, -0.2) is 42.8 Å². The van der Waals surface area contributed by atoms with Crippen molar-refractivity contribution < 1.29 is 14.4 Å². The monoisotopic (exact) mass is 466 g/mol. The second-order valence-corrected chi connectivity index (χ2v) is 8.41. The molecule has 0 fully saturated rings. The molecule has 0 radical (unpaired) electrons. The molecular formula is C27H38N4O3. The average molecular weight is 467 g/mol. The van der Waals surface area contributed by atoms with Crippen LogP contribution >= 0.6 is 0 Å². The van der Waals surface area contributed by atoms with Crippen LogP contribution in [0.1, 0.15) is 50.7 Å². The van der Waals surface area contributed by atoms with Gasteiger partial charge in [0.1, 0.15) is 0 Å². The molecule has 0 saturated heterocycles. The highest BCUT2D eigenvalue weighted by atomic mass is 16.2. The molecule has 0 aromatic heterocycles. The van der Waals surface area contributed by atoms with E-state index in [-0.39, 0.29) is 5.91 Å². The molecule has 0 aliphatic rings. The van der Waals surface area contributed by atoms with Gasteiger partial charge in [0.25, 0.3) is 5.91 Å². The topological polar surface area (TPSA) is 113 Å².